The van der Waals surface area contributed by atoms with Gasteiger partial charge in [0.1, 0.15) is 17.4 Å². The molecule has 0 unspecified atom stereocenters. The quantitative estimate of drug-likeness (QED) is 0.698. The van der Waals surface area contributed by atoms with Crippen LogP contribution in [0.1, 0.15) is 18.6 Å². The van der Waals surface area contributed by atoms with Gasteiger partial charge in [-0.05, 0) is 12.1 Å². The van der Waals surface area contributed by atoms with Crippen molar-refractivity contribution >= 4 is 11.2 Å². The molecule has 92 valence electrons. The van der Waals surface area contributed by atoms with Gasteiger partial charge in [-0.2, -0.15) is 10.2 Å². The Bertz CT molecular complexity index is 768. The molecule has 0 radical (unpaired) electrons. The topological polar surface area (TPSA) is 67.4 Å². The van der Waals surface area contributed by atoms with Gasteiger partial charge in [0.25, 0.3) is 0 Å². The lowest BCUT2D eigenvalue weighted by molar-refractivity contribution is 0.900. The van der Waals surface area contributed by atoms with Gasteiger partial charge in [-0.15, -0.1) is 0 Å². The predicted molar refractivity (Wildman–Crippen MR) is 70.8 cm³/mol. The fourth-order valence-electron chi connectivity index (χ4n) is 2.06. The molecule has 5 heteroatoms. The highest BCUT2D eigenvalue weighted by Gasteiger charge is 2.13. The van der Waals surface area contributed by atoms with Crippen LogP contribution in [0.4, 0.5) is 0 Å². The van der Waals surface area contributed by atoms with Crippen molar-refractivity contribution in [3.05, 3.63) is 48.2 Å². The van der Waals surface area contributed by atoms with Crippen LogP contribution in [0.3, 0.4) is 0 Å². The molecule has 0 aliphatic carbocycles. The lowest BCUT2D eigenvalue weighted by Gasteiger charge is -2.06. The molecule has 3 aromatic rings. The molecule has 0 aliphatic rings. The van der Waals surface area contributed by atoms with E-state index in [0.29, 0.717) is 11.2 Å². The molecule has 0 saturated heterocycles. The fourth-order valence-corrected chi connectivity index (χ4v) is 2.06. The van der Waals surface area contributed by atoms with Gasteiger partial charge in [0, 0.05) is 12.1 Å². The molecule has 2 aromatic heterocycles. The average molecular weight is 249 g/mol. The monoisotopic (exact) mass is 249 g/mol. The number of hydrogen-bond acceptors (Lipinski definition) is 4. The van der Waals surface area contributed by atoms with E-state index in [4.69, 9.17) is 5.26 Å². The molecule has 0 N–H and O–H groups in total. The van der Waals surface area contributed by atoms with Gasteiger partial charge >= 0.3 is 0 Å². The van der Waals surface area contributed by atoms with Crippen molar-refractivity contribution in [3.8, 4) is 11.8 Å². The maximum Gasteiger partial charge on any atom is 0.234 e. The summed E-state index contributed by atoms with van der Waals surface area (Å²) in [6.45, 7) is 2.04. The molecular weight excluding hydrogens is 238 g/mol. The molecule has 19 heavy (non-hydrogen) atoms. The third-order valence-corrected chi connectivity index (χ3v) is 2.90. The van der Waals surface area contributed by atoms with Gasteiger partial charge in [0.15, 0.2) is 5.65 Å². The Hall–Kier alpha value is -2.74. The zero-order valence-corrected chi connectivity index (χ0v) is 10.4. The molecule has 3 rings (SSSR count). The largest absolute Gasteiger partial charge is 0.281 e. The number of nitriles is 1. The Labute approximate surface area is 110 Å². The number of fused-ring (bicyclic) bond motifs is 1. The van der Waals surface area contributed by atoms with Crippen molar-refractivity contribution in [2.24, 2.45) is 0 Å². The summed E-state index contributed by atoms with van der Waals surface area (Å²) in [6.07, 6.45) is 2.38. The number of aromatic nitrogens is 4. The summed E-state index contributed by atoms with van der Waals surface area (Å²) in [5.74, 6) is 1.07. The summed E-state index contributed by atoms with van der Waals surface area (Å²) in [7, 11) is 0. The first-order valence-corrected chi connectivity index (χ1v) is 6.03. The fraction of sp³-hybridized carbons (Fsp3) is 0.143. The molecule has 0 amide bonds. The standard InChI is InChI=1S/C14H11N5/c1-2-13-17-11-9-16-12(8-15)18-14(11)19(13)10-6-4-3-5-7-10/h3-7,9H,2H2,1H3. The van der Waals surface area contributed by atoms with Crippen LogP contribution in [0.5, 0.6) is 0 Å². The second kappa shape index (κ2) is 4.50. The molecule has 0 spiro atoms. The van der Waals surface area contributed by atoms with Crippen LogP contribution < -0.4 is 0 Å². The highest BCUT2D eigenvalue weighted by molar-refractivity contribution is 5.73. The first kappa shape index (κ1) is 11.4. The summed E-state index contributed by atoms with van der Waals surface area (Å²) in [6, 6.07) is 11.8. The van der Waals surface area contributed by atoms with Crippen molar-refractivity contribution in [2.45, 2.75) is 13.3 Å². The second-order valence-corrected chi connectivity index (χ2v) is 4.07. The zero-order chi connectivity index (χ0) is 13.2. The van der Waals surface area contributed by atoms with Gasteiger partial charge < -0.3 is 0 Å². The minimum atomic E-state index is 0.159. The molecule has 5 nitrogen and oxygen atoms in total. The lowest BCUT2D eigenvalue weighted by Crippen LogP contribution is -2.01. The van der Waals surface area contributed by atoms with Crippen molar-refractivity contribution in [1.82, 2.24) is 19.5 Å². The molecule has 1 aromatic carbocycles. The Morgan fingerprint density at radius 2 is 2.00 bits per heavy atom. The van der Waals surface area contributed by atoms with E-state index >= 15 is 0 Å². The van der Waals surface area contributed by atoms with Crippen molar-refractivity contribution in [2.75, 3.05) is 0 Å². The van der Waals surface area contributed by atoms with Gasteiger partial charge in [-0.25, -0.2) is 9.97 Å². The Morgan fingerprint density at radius 1 is 1.21 bits per heavy atom. The molecular formula is C14H11N5. The van der Waals surface area contributed by atoms with E-state index < -0.39 is 0 Å². The molecule has 0 atom stereocenters. The summed E-state index contributed by atoms with van der Waals surface area (Å²) in [5, 5.41) is 8.92. The highest BCUT2D eigenvalue weighted by atomic mass is 15.1. The zero-order valence-electron chi connectivity index (χ0n) is 10.4. The molecule has 2 heterocycles. The van der Waals surface area contributed by atoms with Gasteiger partial charge in [0.2, 0.25) is 5.82 Å². The first-order valence-electron chi connectivity index (χ1n) is 6.03. The number of hydrogen-bond donors (Lipinski definition) is 0. The maximum absolute atomic E-state index is 8.92. The predicted octanol–water partition coefficient (Wildman–Crippen LogP) is 2.25. The third kappa shape index (κ3) is 1.83. The van der Waals surface area contributed by atoms with E-state index in [1.807, 2.05) is 47.9 Å². The van der Waals surface area contributed by atoms with Crippen molar-refractivity contribution in [3.63, 3.8) is 0 Å². The molecule has 0 fully saturated rings. The number of imidazole rings is 1. The van der Waals surface area contributed by atoms with E-state index in [2.05, 4.69) is 15.0 Å². The van der Waals surface area contributed by atoms with Crippen LogP contribution in [-0.4, -0.2) is 19.5 Å². The van der Waals surface area contributed by atoms with E-state index in [-0.39, 0.29) is 5.82 Å². The van der Waals surface area contributed by atoms with E-state index in [1.54, 1.807) is 6.20 Å². The number of aryl methyl sites for hydroxylation is 1. The van der Waals surface area contributed by atoms with Crippen LogP contribution in [0.2, 0.25) is 0 Å². The second-order valence-electron chi connectivity index (χ2n) is 4.07. The van der Waals surface area contributed by atoms with E-state index in [0.717, 1.165) is 17.9 Å². The summed E-state index contributed by atoms with van der Waals surface area (Å²) in [4.78, 5) is 12.7. The average Bonchev–Trinajstić information content (AvgIpc) is 2.85. The highest BCUT2D eigenvalue weighted by Crippen LogP contribution is 2.19. The Kier molecular flexibility index (Phi) is 2.69. The number of benzene rings is 1. The summed E-state index contributed by atoms with van der Waals surface area (Å²) in [5.41, 5.74) is 2.37. The van der Waals surface area contributed by atoms with Crippen molar-refractivity contribution in [1.29, 1.82) is 5.26 Å². The van der Waals surface area contributed by atoms with Gasteiger partial charge in [-0.1, -0.05) is 25.1 Å². The third-order valence-electron chi connectivity index (χ3n) is 2.90. The van der Waals surface area contributed by atoms with Gasteiger partial charge in [0.05, 0.1) is 6.20 Å². The number of rotatable bonds is 2. The SMILES string of the molecule is CCc1nc2cnc(C#N)nc2n1-c1ccccc1. The normalized spacial score (nSPS) is 10.5. The maximum atomic E-state index is 8.92. The Balaban J connectivity index is 2.35. The van der Waals surface area contributed by atoms with E-state index in [1.165, 1.54) is 0 Å². The summed E-state index contributed by atoms with van der Waals surface area (Å²) < 4.78 is 1.97. The first-order chi connectivity index (χ1) is 9.33. The number of para-hydroxylation sites is 1. The minimum absolute atomic E-state index is 0.159. The summed E-state index contributed by atoms with van der Waals surface area (Å²) >= 11 is 0. The Morgan fingerprint density at radius 3 is 2.68 bits per heavy atom. The van der Waals surface area contributed by atoms with Gasteiger partial charge in [-0.3, -0.25) is 4.57 Å². The van der Waals surface area contributed by atoms with E-state index in [9.17, 15) is 0 Å². The van der Waals surface area contributed by atoms with Crippen LogP contribution in [0.25, 0.3) is 16.9 Å². The lowest BCUT2D eigenvalue weighted by atomic mass is 10.3. The van der Waals surface area contributed by atoms with Crippen LogP contribution in [0, 0.1) is 11.3 Å². The molecule has 0 aliphatic heterocycles. The minimum Gasteiger partial charge on any atom is -0.281 e. The van der Waals surface area contributed by atoms with Crippen LogP contribution in [0.15, 0.2) is 36.5 Å². The van der Waals surface area contributed by atoms with Crippen LogP contribution in [-0.2, 0) is 6.42 Å². The molecule has 0 bridgehead atoms. The van der Waals surface area contributed by atoms with Crippen LogP contribution >= 0.6 is 0 Å². The number of nitrogens with zero attached hydrogens (tertiary/aromatic N) is 5. The van der Waals surface area contributed by atoms with Crippen molar-refractivity contribution < 1.29 is 0 Å². The molecule has 0 saturated carbocycles. The smallest absolute Gasteiger partial charge is 0.234 e.